The third-order valence-electron chi connectivity index (χ3n) is 2.58. The third-order valence-corrected chi connectivity index (χ3v) is 2.58. The van der Waals surface area contributed by atoms with E-state index in [1.807, 2.05) is 38.1 Å². The first-order valence-electron chi connectivity index (χ1n) is 4.93. The topological polar surface area (TPSA) is 22.0 Å². The Morgan fingerprint density at radius 3 is 2.20 bits per heavy atom. The highest BCUT2D eigenvalue weighted by molar-refractivity contribution is 5.81. The smallest absolute Gasteiger partial charge is 0.152 e. The van der Waals surface area contributed by atoms with Crippen molar-refractivity contribution >= 4 is 6.29 Å². The Bertz CT molecular complexity index is 477. The van der Waals surface area contributed by atoms with Crippen molar-refractivity contribution in [2.45, 2.75) is 13.8 Å². The molecule has 1 aromatic heterocycles. The van der Waals surface area contributed by atoms with Crippen LogP contribution in [0.2, 0.25) is 0 Å². The molecule has 0 atom stereocenters. The number of hydrogen-bond acceptors (Lipinski definition) is 1. The molecule has 0 spiro atoms. The van der Waals surface area contributed by atoms with Crippen LogP contribution in [0.1, 0.15) is 21.7 Å². The first-order valence-corrected chi connectivity index (χ1v) is 4.93. The lowest BCUT2D eigenvalue weighted by atomic mass is 10.2. The molecule has 0 saturated carbocycles. The van der Waals surface area contributed by atoms with E-state index >= 15 is 0 Å². The van der Waals surface area contributed by atoms with Crippen LogP contribution < -0.4 is 0 Å². The largest absolute Gasteiger partial charge is 0.318 e. The zero-order valence-corrected chi connectivity index (χ0v) is 8.90. The molecule has 15 heavy (non-hydrogen) atoms. The molecule has 0 aliphatic rings. The Hall–Kier alpha value is -1.83. The molecule has 2 rings (SSSR count). The van der Waals surface area contributed by atoms with Crippen molar-refractivity contribution < 1.29 is 4.79 Å². The van der Waals surface area contributed by atoms with Gasteiger partial charge in [-0.15, -0.1) is 0 Å². The Balaban J connectivity index is 2.68. The van der Waals surface area contributed by atoms with Gasteiger partial charge in [0.1, 0.15) is 0 Å². The lowest BCUT2D eigenvalue weighted by Gasteiger charge is -2.11. The van der Waals surface area contributed by atoms with Crippen LogP contribution in [0.5, 0.6) is 0 Å². The van der Waals surface area contributed by atoms with Crippen LogP contribution in [0.15, 0.2) is 36.4 Å². The first-order chi connectivity index (χ1) is 7.24. The molecular formula is C13H13NO. The van der Waals surface area contributed by atoms with Crippen LogP contribution in [-0.4, -0.2) is 10.9 Å². The van der Waals surface area contributed by atoms with E-state index in [9.17, 15) is 4.79 Å². The maximum atomic E-state index is 10.9. The molecule has 2 aromatic rings. The first kappa shape index (κ1) is 9.71. The molecule has 0 N–H and O–H groups in total. The number of rotatable bonds is 2. The molecule has 1 heterocycles. The minimum absolute atomic E-state index is 0.722. The Morgan fingerprint density at radius 1 is 1.00 bits per heavy atom. The number of hydrogen-bond donors (Lipinski definition) is 0. The van der Waals surface area contributed by atoms with E-state index in [1.54, 1.807) is 0 Å². The number of benzene rings is 1. The van der Waals surface area contributed by atoms with Crippen molar-refractivity contribution in [3.63, 3.8) is 0 Å². The number of aromatic nitrogens is 1. The second-order valence-electron chi connectivity index (χ2n) is 3.63. The van der Waals surface area contributed by atoms with Crippen LogP contribution in [0.25, 0.3) is 5.69 Å². The van der Waals surface area contributed by atoms with E-state index in [1.165, 1.54) is 0 Å². The van der Waals surface area contributed by atoms with E-state index in [0.717, 1.165) is 28.9 Å². The fourth-order valence-electron chi connectivity index (χ4n) is 1.84. The van der Waals surface area contributed by atoms with Gasteiger partial charge in [0.25, 0.3) is 0 Å². The Morgan fingerprint density at radius 2 is 1.60 bits per heavy atom. The van der Waals surface area contributed by atoms with Gasteiger partial charge in [-0.05, 0) is 38.1 Å². The highest BCUT2D eigenvalue weighted by Gasteiger charge is 2.07. The van der Waals surface area contributed by atoms with Gasteiger partial charge in [0.05, 0.1) is 5.69 Å². The summed E-state index contributed by atoms with van der Waals surface area (Å²) in [5, 5.41) is 0. The maximum Gasteiger partial charge on any atom is 0.152 e. The molecule has 1 aromatic carbocycles. The summed E-state index contributed by atoms with van der Waals surface area (Å²) in [5.74, 6) is 0. The van der Waals surface area contributed by atoms with E-state index < -0.39 is 0 Å². The Labute approximate surface area is 89.2 Å². The van der Waals surface area contributed by atoms with Crippen LogP contribution in [0.4, 0.5) is 0 Å². The standard InChI is InChI=1S/C13H13NO/c1-10-7-8-11(2)14(10)13-6-4-3-5-12(13)9-15/h3-9H,1-2H3. The number of aryl methyl sites for hydroxylation is 2. The average Bonchev–Trinajstić information content (AvgIpc) is 2.59. The van der Waals surface area contributed by atoms with Gasteiger partial charge in [0.15, 0.2) is 6.29 Å². The molecule has 0 bridgehead atoms. The van der Waals surface area contributed by atoms with Gasteiger partial charge in [-0.3, -0.25) is 4.79 Å². The monoisotopic (exact) mass is 199 g/mol. The summed E-state index contributed by atoms with van der Waals surface area (Å²) in [6, 6.07) is 11.7. The van der Waals surface area contributed by atoms with E-state index in [2.05, 4.69) is 16.7 Å². The van der Waals surface area contributed by atoms with Crippen molar-refractivity contribution in [3.8, 4) is 5.69 Å². The van der Waals surface area contributed by atoms with Crippen molar-refractivity contribution in [3.05, 3.63) is 53.3 Å². The fraction of sp³-hybridized carbons (Fsp3) is 0.154. The summed E-state index contributed by atoms with van der Waals surface area (Å²) in [6.07, 6.45) is 0.897. The minimum atomic E-state index is 0.722. The molecule has 0 saturated heterocycles. The molecule has 0 aliphatic carbocycles. The average molecular weight is 199 g/mol. The molecule has 0 fully saturated rings. The predicted octanol–water partition coefficient (Wildman–Crippen LogP) is 2.91. The van der Waals surface area contributed by atoms with E-state index in [4.69, 9.17) is 0 Å². The quantitative estimate of drug-likeness (QED) is 0.681. The van der Waals surface area contributed by atoms with Crippen LogP contribution in [0, 0.1) is 13.8 Å². The summed E-state index contributed by atoms with van der Waals surface area (Å²) >= 11 is 0. The Kier molecular flexibility index (Phi) is 2.42. The summed E-state index contributed by atoms with van der Waals surface area (Å²) in [5.41, 5.74) is 3.95. The fourth-order valence-corrected chi connectivity index (χ4v) is 1.84. The van der Waals surface area contributed by atoms with Gasteiger partial charge in [-0.25, -0.2) is 0 Å². The molecular weight excluding hydrogens is 186 g/mol. The van der Waals surface area contributed by atoms with E-state index in [-0.39, 0.29) is 0 Å². The second-order valence-corrected chi connectivity index (χ2v) is 3.63. The van der Waals surface area contributed by atoms with Crippen LogP contribution in [0.3, 0.4) is 0 Å². The molecule has 0 amide bonds. The molecule has 2 nitrogen and oxygen atoms in total. The highest BCUT2D eigenvalue weighted by atomic mass is 16.1. The minimum Gasteiger partial charge on any atom is -0.318 e. The summed E-state index contributed by atoms with van der Waals surface area (Å²) in [6.45, 7) is 4.07. The third kappa shape index (κ3) is 1.59. The van der Waals surface area contributed by atoms with Crippen molar-refractivity contribution in [1.29, 1.82) is 0 Å². The van der Waals surface area contributed by atoms with Crippen molar-refractivity contribution in [2.75, 3.05) is 0 Å². The number of para-hydroxylation sites is 1. The number of nitrogens with zero attached hydrogens (tertiary/aromatic N) is 1. The lowest BCUT2D eigenvalue weighted by molar-refractivity contribution is 0.112. The second kappa shape index (κ2) is 3.73. The summed E-state index contributed by atoms with van der Waals surface area (Å²) < 4.78 is 2.09. The maximum absolute atomic E-state index is 10.9. The van der Waals surface area contributed by atoms with Gasteiger partial charge >= 0.3 is 0 Å². The zero-order valence-electron chi connectivity index (χ0n) is 8.90. The predicted molar refractivity (Wildman–Crippen MR) is 60.6 cm³/mol. The lowest BCUT2D eigenvalue weighted by Crippen LogP contribution is -2.02. The zero-order chi connectivity index (χ0) is 10.8. The SMILES string of the molecule is Cc1ccc(C)n1-c1ccccc1C=O. The molecule has 0 aliphatic heterocycles. The normalized spacial score (nSPS) is 10.3. The molecule has 0 unspecified atom stereocenters. The summed E-state index contributed by atoms with van der Waals surface area (Å²) in [7, 11) is 0. The van der Waals surface area contributed by atoms with Crippen molar-refractivity contribution in [2.24, 2.45) is 0 Å². The number of carbonyl (C=O) groups excluding carboxylic acids is 1. The van der Waals surface area contributed by atoms with Gasteiger partial charge < -0.3 is 4.57 Å². The van der Waals surface area contributed by atoms with Crippen LogP contribution in [-0.2, 0) is 0 Å². The van der Waals surface area contributed by atoms with Gasteiger partial charge in [-0.2, -0.15) is 0 Å². The molecule has 2 heteroatoms. The van der Waals surface area contributed by atoms with Crippen molar-refractivity contribution in [1.82, 2.24) is 4.57 Å². The van der Waals surface area contributed by atoms with Gasteiger partial charge in [0.2, 0.25) is 0 Å². The molecule has 76 valence electrons. The van der Waals surface area contributed by atoms with Crippen LogP contribution >= 0.6 is 0 Å². The van der Waals surface area contributed by atoms with Gasteiger partial charge in [-0.1, -0.05) is 12.1 Å². The highest BCUT2D eigenvalue weighted by Crippen LogP contribution is 2.18. The number of carbonyl (C=O) groups is 1. The number of aldehydes is 1. The summed E-state index contributed by atoms with van der Waals surface area (Å²) in [4.78, 5) is 10.9. The molecule has 0 radical (unpaired) electrons. The van der Waals surface area contributed by atoms with Gasteiger partial charge in [0, 0.05) is 17.0 Å². The van der Waals surface area contributed by atoms with E-state index in [0.29, 0.717) is 0 Å².